The molecule has 0 radical (unpaired) electrons. The van der Waals surface area contributed by atoms with Crippen molar-refractivity contribution in [2.75, 3.05) is 11.9 Å². The Labute approximate surface area is 97.9 Å². The van der Waals surface area contributed by atoms with Crippen LogP contribution in [0.1, 0.15) is 13.3 Å². The first kappa shape index (κ1) is 11.2. The summed E-state index contributed by atoms with van der Waals surface area (Å²) >= 11 is 0. The van der Waals surface area contributed by atoms with Gasteiger partial charge in [0.05, 0.1) is 5.84 Å². The molecule has 0 aliphatic rings. The van der Waals surface area contributed by atoms with Gasteiger partial charge in [0.25, 0.3) is 0 Å². The molecular weight excluding hydrogens is 220 g/mol. The van der Waals surface area contributed by atoms with Gasteiger partial charge in [-0.3, -0.25) is 5.41 Å². The molecule has 2 aromatic heterocycles. The standard InChI is InChI=1S/C9H14N8/c1-6(5-7(10)11)16(2)9-4-3-8-12-14-15-17(8)13-9/h3-4,6H,5H2,1-2H3,(H3,10,11). The smallest absolute Gasteiger partial charge is 0.200 e. The van der Waals surface area contributed by atoms with E-state index in [2.05, 4.69) is 20.6 Å². The quantitative estimate of drug-likeness (QED) is 0.553. The van der Waals surface area contributed by atoms with Crippen LogP contribution in [0, 0.1) is 5.41 Å². The van der Waals surface area contributed by atoms with E-state index >= 15 is 0 Å². The van der Waals surface area contributed by atoms with E-state index in [1.165, 1.54) is 4.63 Å². The second kappa shape index (κ2) is 4.32. The Hall–Kier alpha value is -2.25. The summed E-state index contributed by atoms with van der Waals surface area (Å²) in [7, 11) is 1.89. The zero-order valence-electron chi connectivity index (χ0n) is 9.70. The van der Waals surface area contributed by atoms with Gasteiger partial charge in [0, 0.05) is 19.5 Å². The summed E-state index contributed by atoms with van der Waals surface area (Å²) in [5, 5.41) is 22.6. The molecule has 8 nitrogen and oxygen atoms in total. The molecule has 0 spiro atoms. The molecule has 0 saturated heterocycles. The number of rotatable bonds is 4. The molecular formula is C9H14N8. The number of nitrogens with two attached hydrogens (primary N) is 1. The number of hydrogen-bond acceptors (Lipinski definition) is 6. The molecule has 0 aliphatic carbocycles. The number of tetrazole rings is 1. The van der Waals surface area contributed by atoms with Crippen LogP contribution in [-0.4, -0.2) is 44.2 Å². The number of anilines is 1. The van der Waals surface area contributed by atoms with Gasteiger partial charge in [0.2, 0.25) is 0 Å². The predicted molar refractivity (Wildman–Crippen MR) is 63.0 cm³/mol. The molecule has 2 heterocycles. The van der Waals surface area contributed by atoms with E-state index in [0.717, 1.165) is 5.82 Å². The molecule has 17 heavy (non-hydrogen) atoms. The van der Waals surface area contributed by atoms with Crippen molar-refractivity contribution in [2.45, 2.75) is 19.4 Å². The van der Waals surface area contributed by atoms with Crippen molar-refractivity contribution in [3.8, 4) is 0 Å². The molecule has 1 unspecified atom stereocenters. The average molecular weight is 234 g/mol. The van der Waals surface area contributed by atoms with Crippen molar-refractivity contribution < 1.29 is 0 Å². The lowest BCUT2D eigenvalue weighted by molar-refractivity contribution is 0.669. The average Bonchev–Trinajstić information content (AvgIpc) is 2.73. The molecule has 0 amide bonds. The summed E-state index contributed by atoms with van der Waals surface area (Å²) in [6.07, 6.45) is 0.492. The number of fused-ring (bicyclic) bond motifs is 1. The highest BCUT2D eigenvalue weighted by Gasteiger charge is 2.13. The SMILES string of the molecule is CC(CC(=N)N)N(C)c1ccc2nnnn2n1. The van der Waals surface area contributed by atoms with Crippen LogP contribution in [-0.2, 0) is 0 Å². The molecule has 0 aliphatic heterocycles. The second-order valence-corrected chi connectivity index (χ2v) is 3.91. The molecule has 2 rings (SSSR count). The number of nitrogens with one attached hydrogen (secondary N) is 1. The third-order valence-electron chi connectivity index (χ3n) is 2.59. The molecule has 90 valence electrons. The van der Waals surface area contributed by atoms with Crippen LogP contribution >= 0.6 is 0 Å². The summed E-state index contributed by atoms with van der Waals surface area (Å²) in [6.45, 7) is 1.98. The van der Waals surface area contributed by atoms with Gasteiger partial charge in [0.1, 0.15) is 0 Å². The van der Waals surface area contributed by atoms with Crippen LogP contribution in [0.3, 0.4) is 0 Å². The Morgan fingerprint density at radius 3 is 3.06 bits per heavy atom. The van der Waals surface area contributed by atoms with Crippen LogP contribution < -0.4 is 10.6 Å². The second-order valence-electron chi connectivity index (χ2n) is 3.91. The van der Waals surface area contributed by atoms with E-state index in [1.54, 1.807) is 6.07 Å². The Balaban J connectivity index is 2.23. The van der Waals surface area contributed by atoms with E-state index in [1.807, 2.05) is 24.9 Å². The maximum atomic E-state index is 7.28. The molecule has 0 bridgehead atoms. The minimum atomic E-state index is 0.0916. The fourth-order valence-electron chi connectivity index (χ4n) is 1.51. The first-order chi connectivity index (χ1) is 8.08. The van der Waals surface area contributed by atoms with Crippen molar-refractivity contribution in [1.29, 1.82) is 5.41 Å². The fraction of sp³-hybridized carbons (Fsp3) is 0.444. The third-order valence-corrected chi connectivity index (χ3v) is 2.59. The van der Waals surface area contributed by atoms with E-state index in [9.17, 15) is 0 Å². The molecule has 1 atom stereocenters. The minimum Gasteiger partial charge on any atom is -0.388 e. The number of aromatic nitrogens is 5. The highest BCUT2D eigenvalue weighted by Crippen LogP contribution is 2.13. The predicted octanol–water partition coefficient (Wildman–Crippen LogP) is -0.330. The largest absolute Gasteiger partial charge is 0.388 e. The summed E-state index contributed by atoms with van der Waals surface area (Å²) < 4.78 is 1.37. The molecule has 2 aromatic rings. The first-order valence-electron chi connectivity index (χ1n) is 5.19. The lowest BCUT2D eigenvalue weighted by Crippen LogP contribution is -2.33. The summed E-state index contributed by atoms with van der Waals surface area (Å²) in [5.74, 6) is 0.895. The third kappa shape index (κ3) is 2.30. The van der Waals surface area contributed by atoms with Gasteiger partial charge in [0.15, 0.2) is 11.5 Å². The zero-order chi connectivity index (χ0) is 12.4. The highest BCUT2D eigenvalue weighted by atomic mass is 15.6. The van der Waals surface area contributed by atoms with E-state index in [4.69, 9.17) is 11.1 Å². The van der Waals surface area contributed by atoms with Crippen molar-refractivity contribution in [1.82, 2.24) is 25.3 Å². The maximum Gasteiger partial charge on any atom is 0.200 e. The normalized spacial score (nSPS) is 12.6. The Morgan fingerprint density at radius 1 is 1.59 bits per heavy atom. The van der Waals surface area contributed by atoms with Crippen molar-refractivity contribution in [2.24, 2.45) is 5.73 Å². The lowest BCUT2D eigenvalue weighted by Gasteiger charge is -2.25. The maximum absolute atomic E-state index is 7.28. The number of hydrogen-bond donors (Lipinski definition) is 2. The van der Waals surface area contributed by atoms with E-state index in [0.29, 0.717) is 12.1 Å². The number of amidine groups is 1. The molecule has 8 heteroatoms. The summed E-state index contributed by atoms with van der Waals surface area (Å²) in [4.78, 5) is 1.93. The molecule has 0 aromatic carbocycles. The Morgan fingerprint density at radius 2 is 2.35 bits per heavy atom. The molecule has 0 saturated carbocycles. The van der Waals surface area contributed by atoms with Gasteiger partial charge < -0.3 is 10.6 Å². The van der Waals surface area contributed by atoms with Crippen LogP contribution in [0.15, 0.2) is 12.1 Å². The van der Waals surface area contributed by atoms with Crippen LogP contribution in [0.4, 0.5) is 5.82 Å². The van der Waals surface area contributed by atoms with Crippen LogP contribution in [0.5, 0.6) is 0 Å². The van der Waals surface area contributed by atoms with Gasteiger partial charge in [-0.2, -0.15) is 0 Å². The van der Waals surface area contributed by atoms with Gasteiger partial charge in [-0.15, -0.1) is 14.8 Å². The zero-order valence-corrected chi connectivity index (χ0v) is 9.70. The van der Waals surface area contributed by atoms with E-state index < -0.39 is 0 Å². The van der Waals surface area contributed by atoms with Gasteiger partial charge in [-0.25, -0.2) is 0 Å². The Kier molecular flexibility index (Phi) is 2.86. The van der Waals surface area contributed by atoms with E-state index in [-0.39, 0.29) is 11.9 Å². The molecule has 0 fully saturated rings. The monoisotopic (exact) mass is 234 g/mol. The minimum absolute atomic E-state index is 0.0916. The molecule has 3 N–H and O–H groups in total. The van der Waals surface area contributed by atoms with Gasteiger partial charge in [-0.1, -0.05) is 0 Å². The first-order valence-corrected chi connectivity index (χ1v) is 5.19. The Bertz CT molecular complexity index is 533. The topological polar surface area (TPSA) is 109 Å². The van der Waals surface area contributed by atoms with Crippen molar-refractivity contribution in [3.63, 3.8) is 0 Å². The van der Waals surface area contributed by atoms with Gasteiger partial charge in [-0.05, 0) is 29.5 Å². The lowest BCUT2D eigenvalue weighted by atomic mass is 10.2. The number of nitrogens with zero attached hydrogens (tertiary/aromatic N) is 6. The summed E-state index contributed by atoms with van der Waals surface area (Å²) in [5.41, 5.74) is 5.98. The fourth-order valence-corrected chi connectivity index (χ4v) is 1.51. The van der Waals surface area contributed by atoms with Crippen molar-refractivity contribution >= 4 is 17.3 Å². The van der Waals surface area contributed by atoms with Gasteiger partial charge >= 0.3 is 0 Å². The highest BCUT2D eigenvalue weighted by molar-refractivity contribution is 5.77. The van der Waals surface area contributed by atoms with Crippen LogP contribution in [0.25, 0.3) is 5.65 Å². The van der Waals surface area contributed by atoms with Crippen LogP contribution in [0.2, 0.25) is 0 Å². The van der Waals surface area contributed by atoms with Crippen molar-refractivity contribution in [3.05, 3.63) is 12.1 Å². The summed E-state index contributed by atoms with van der Waals surface area (Å²) in [6, 6.07) is 3.72.